The maximum Gasteiger partial charge on any atom is 0.230 e. The fourth-order valence-electron chi connectivity index (χ4n) is 1.30. The Labute approximate surface area is 84.5 Å². The zero-order valence-electron chi connectivity index (χ0n) is 7.92. The number of hydrogen-bond donors (Lipinski definition) is 1. The lowest BCUT2D eigenvalue weighted by Gasteiger charge is -2.03. The van der Waals surface area contributed by atoms with Gasteiger partial charge in [0.05, 0.1) is 11.8 Å². The van der Waals surface area contributed by atoms with E-state index in [0.29, 0.717) is 0 Å². The highest BCUT2D eigenvalue weighted by Crippen LogP contribution is 2.29. The van der Waals surface area contributed by atoms with Gasteiger partial charge in [-0.2, -0.15) is 0 Å². The molecule has 1 aromatic carbocycles. The van der Waals surface area contributed by atoms with Gasteiger partial charge >= 0.3 is 0 Å². The summed E-state index contributed by atoms with van der Waals surface area (Å²) in [5.74, 6) is -1.08. The van der Waals surface area contributed by atoms with Crippen LogP contribution in [0.4, 0.5) is 14.7 Å². The Hall–Kier alpha value is -1.91. The molecule has 2 rings (SSSR count). The van der Waals surface area contributed by atoms with Crippen LogP contribution in [-0.2, 0) is 0 Å². The minimum atomic E-state index is -0.552. The molecule has 2 N–H and O–H groups in total. The van der Waals surface area contributed by atoms with Gasteiger partial charge in [0.25, 0.3) is 0 Å². The number of nitrogens with two attached hydrogens (primary N) is 1. The molecule has 3 nitrogen and oxygen atoms in total. The van der Waals surface area contributed by atoms with E-state index in [1.54, 1.807) is 0 Å². The molecule has 0 amide bonds. The van der Waals surface area contributed by atoms with Crippen molar-refractivity contribution in [3.63, 3.8) is 0 Å². The van der Waals surface area contributed by atoms with Crippen molar-refractivity contribution < 1.29 is 13.3 Å². The second-order valence-corrected chi connectivity index (χ2v) is 3.18. The first-order valence-electron chi connectivity index (χ1n) is 4.25. The number of aromatic nitrogens is 1. The summed E-state index contributed by atoms with van der Waals surface area (Å²) in [5.41, 5.74) is 5.96. The van der Waals surface area contributed by atoms with Crippen molar-refractivity contribution in [3.05, 3.63) is 35.5 Å². The van der Waals surface area contributed by atoms with Gasteiger partial charge in [0.15, 0.2) is 0 Å². The van der Waals surface area contributed by atoms with Crippen LogP contribution in [0.1, 0.15) is 5.56 Å². The number of nitrogen functional groups attached to an aromatic ring is 1. The zero-order chi connectivity index (χ0) is 11.0. The molecule has 0 radical (unpaired) electrons. The third kappa shape index (κ3) is 1.56. The van der Waals surface area contributed by atoms with Gasteiger partial charge in [0.1, 0.15) is 11.6 Å². The predicted molar refractivity (Wildman–Crippen MR) is 51.0 cm³/mol. The quantitative estimate of drug-likeness (QED) is 0.786. The highest BCUT2D eigenvalue weighted by atomic mass is 19.1. The molecule has 5 heteroatoms. The number of benzene rings is 1. The van der Waals surface area contributed by atoms with E-state index in [2.05, 4.69) is 9.68 Å². The molecule has 0 saturated carbocycles. The second kappa shape index (κ2) is 3.34. The molecule has 0 aliphatic heterocycles. The van der Waals surface area contributed by atoms with Crippen LogP contribution >= 0.6 is 0 Å². The summed E-state index contributed by atoms with van der Waals surface area (Å²) < 4.78 is 31.3. The molecular formula is C10H8F2N2O. The molecule has 0 bridgehead atoms. The summed E-state index contributed by atoms with van der Waals surface area (Å²) in [6.45, 7) is 1.49. The summed E-state index contributed by atoms with van der Waals surface area (Å²) in [7, 11) is 0. The monoisotopic (exact) mass is 210 g/mol. The number of anilines is 1. The third-order valence-electron chi connectivity index (χ3n) is 2.14. The van der Waals surface area contributed by atoms with Crippen LogP contribution in [0.25, 0.3) is 11.1 Å². The normalized spacial score (nSPS) is 10.6. The Bertz CT molecular complexity index is 508. The molecule has 0 atom stereocenters. The van der Waals surface area contributed by atoms with Crippen LogP contribution in [0.2, 0.25) is 0 Å². The maximum atomic E-state index is 13.5. The number of hydrogen-bond acceptors (Lipinski definition) is 3. The van der Waals surface area contributed by atoms with Crippen molar-refractivity contribution in [1.82, 2.24) is 5.16 Å². The molecule has 0 aliphatic carbocycles. The first kappa shape index (κ1) is 9.64. The van der Waals surface area contributed by atoms with E-state index in [9.17, 15) is 8.78 Å². The smallest absolute Gasteiger partial charge is 0.230 e. The molecule has 1 heterocycles. The van der Waals surface area contributed by atoms with Crippen LogP contribution in [-0.4, -0.2) is 5.16 Å². The van der Waals surface area contributed by atoms with Gasteiger partial charge < -0.3 is 10.3 Å². The van der Waals surface area contributed by atoms with E-state index in [1.165, 1.54) is 13.1 Å². The Morgan fingerprint density at radius 1 is 1.20 bits per heavy atom. The molecule has 78 valence electrons. The largest absolute Gasteiger partial charge is 0.367 e. The topological polar surface area (TPSA) is 52.0 Å². The summed E-state index contributed by atoms with van der Waals surface area (Å²) in [6, 6.07) is 2.19. The number of nitrogens with zero attached hydrogens (tertiary/aromatic N) is 1. The zero-order valence-corrected chi connectivity index (χ0v) is 7.92. The van der Waals surface area contributed by atoms with Crippen LogP contribution in [0.15, 0.2) is 22.9 Å². The lowest BCUT2D eigenvalue weighted by molar-refractivity contribution is 0.436. The first-order chi connectivity index (χ1) is 7.09. The highest BCUT2D eigenvalue weighted by molar-refractivity contribution is 5.72. The molecule has 0 unspecified atom stereocenters. The van der Waals surface area contributed by atoms with E-state index >= 15 is 0 Å². The second-order valence-electron chi connectivity index (χ2n) is 3.18. The Kier molecular flexibility index (Phi) is 2.15. The van der Waals surface area contributed by atoms with Gasteiger partial charge in [0, 0.05) is 5.56 Å². The minimum absolute atomic E-state index is 0.0304. The Balaban J connectivity index is 2.64. The van der Waals surface area contributed by atoms with Crippen LogP contribution in [0.3, 0.4) is 0 Å². The summed E-state index contributed by atoms with van der Waals surface area (Å²) >= 11 is 0. The number of halogens is 2. The van der Waals surface area contributed by atoms with Gasteiger partial charge in [-0.15, -0.1) is 0 Å². The van der Waals surface area contributed by atoms with Crippen LogP contribution in [0, 0.1) is 18.6 Å². The van der Waals surface area contributed by atoms with Gasteiger partial charge in [0.2, 0.25) is 5.88 Å². The molecule has 2 aromatic rings. The van der Waals surface area contributed by atoms with Crippen molar-refractivity contribution in [2.45, 2.75) is 6.92 Å². The average molecular weight is 210 g/mol. The Morgan fingerprint density at radius 2 is 1.93 bits per heavy atom. The standard InChI is InChI=1S/C10H8F2N2O/c1-5-2-9(12)6(3-8(5)11)7-4-14-15-10(7)13/h2-4H,13H2,1H3. The molecular weight excluding hydrogens is 202 g/mol. The van der Waals surface area contributed by atoms with Gasteiger partial charge in [-0.05, 0) is 24.6 Å². The minimum Gasteiger partial charge on any atom is -0.367 e. The van der Waals surface area contributed by atoms with Gasteiger partial charge in [-0.25, -0.2) is 8.78 Å². The summed E-state index contributed by atoms with van der Waals surface area (Å²) in [6.07, 6.45) is 1.25. The summed E-state index contributed by atoms with van der Waals surface area (Å²) in [4.78, 5) is 0. The third-order valence-corrected chi connectivity index (χ3v) is 2.14. The predicted octanol–water partition coefficient (Wildman–Crippen LogP) is 2.51. The van der Waals surface area contributed by atoms with Crippen LogP contribution in [0.5, 0.6) is 0 Å². The van der Waals surface area contributed by atoms with Crippen molar-refractivity contribution in [2.75, 3.05) is 5.73 Å². The molecule has 0 aliphatic rings. The van der Waals surface area contributed by atoms with Gasteiger partial charge in [-0.3, -0.25) is 0 Å². The fraction of sp³-hybridized carbons (Fsp3) is 0.100. The average Bonchev–Trinajstić information content (AvgIpc) is 2.58. The van der Waals surface area contributed by atoms with Crippen LogP contribution < -0.4 is 5.73 Å². The highest BCUT2D eigenvalue weighted by Gasteiger charge is 2.14. The molecule has 0 fully saturated rings. The van der Waals surface area contributed by atoms with Crippen molar-refractivity contribution in [3.8, 4) is 11.1 Å². The first-order valence-corrected chi connectivity index (χ1v) is 4.25. The SMILES string of the molecule is Cc1cc(F)c(-c2cnoc2N)cc1F. The van der Waals surface area contributed by atoms with E-state index in [0.717, 1.165) is 12.1 Å². The molecule has 0 spiro atoms. The lowest BCUT2D eigenvalue weighted by Crippen LogP contribution is -1.92. The van der Waals surface area contributed by atoms with E-state index < -0.39 is 11.6 Å². The maximum absolute atomic E-state index is 13.5. The van der Waals surface area contributed by atoms with E-state index in [-0.39, 0.29) is 22.6 Å². The number of aryl methyl sites for hydroxylation is 1. The number of rotatable bonds is 1. The van der Waals surface area contributed by atoms with E-state index in [4.69, 9.17) is 5.73 Å². The van der Waals surface area contributed by atoms with Crippen molar-refractivity contribution >= 4 is 5.88 Å². The molecule has 15 heavy (non-hydrogen) atoms. The Morgan fingerprint density at radius 3 is 2.53 bits per heavy atom. The van der Waals surface area contributed by atoms with Crippen molar-refractivity contribution in [1.29, 1.82) is 0 Å². The fourth-order valence-corrected chi connectivity index (χ4v) is 1.30. The summed E-state index contributed by atoms with van der Waals surface area (Å²) in [5, 5.41) is 3.40. The van der Waals surface area contributed by atoms with Crippen molar-refractivity contribution in [2.24, 2.45) is 0 Å². The molecule has 1 aromatic heterocycles. The molecule has 0 saturated heterocycles. The van der Waals surface area contributed by atoms with E-state index in [1.807, 2.05) is 0 Å². The van der Waals surface area contributed by atoms with Gasteiger partial charge in [-0.1, -0.05) is 5.16 Å². The lowest BCUT2D eigenvalue weighted by atomic mass is 10.1.